The van der Waals surface area contributed by atoms with Gasteiger partial charge in [0.2, 0.25) is 29.1 Å². The van der Waals surface area contributed by atoms with Crippen LogP contribution >= 0.6 is 0 Å². The van der Waals surface area contributed by atoms with Crippen LogP contribution in [-0.2, 0) is 0 Å². The van der Waals surface area contributed by atoms with Gasteiger partial charge in [0.1, 0.15) is 6.07 Å². The van der Waals surface area contributed by atoms with Gasteiger partial charge >= 0.3 is 0 Å². The molecule has 1 aromatic rings. The molecule has 0 aliphatic carbocycles. The van der Waals surface area contributed by atoms with Crippen LogP contribution in [0.3, 0.4) is 0 Å². The highest BCUT2D eigenvalue weighted by Gasteiger charge is 2.26. The van der Waals surface area contributed by atoms with Crippen LogP contribution in [0.4, 0.5) is 22.0 Å². The molecule has 1 aromatic carbocycles. The highest BCUT2D eigenvalue weighted by molar-refractivity contribution is 5.29. The minimum absolute atomic E-state index is 0.821. The van der Waals surface area contributed by atoms with E-state index in [0.29, 0.717) is 0 Å². The Morgan fingerprint density at radius 3 is 1.67 bits per heavy atom. The third-order valence-electron chi connectivity index (χ3n) is 1.45. The summed E-state index contributed by atoms with van der Waals surface area (Å²) >= 11 is 0. The van der Waals surface area contributed by atoms with Crippen LogP contribution in [-0.4, -0.2) is 6.61 Å². The highest BCUT2D eigenvalue weighted by atomic mass is 19.2. The van der Waals surface area contributed by atoms with Crippen molar-refractivity contribution in [1.82, 2.24) is 0 Å². The lowest BCUT2D eigenvalue weighted by Gasteiger charge is -2.06. The molecule has 0 atom stereocenters. The topological polar surface area (TPSA) is 33.0 Å². The minimum Gasteiger partial charge on any atom is -0.472 e. The molecule has 0 aliphatic heterocycles. The first-order valence-corrected chi connectivity index (χ1v) is 3.51. The molecule has 0 heterocycles. The second kappa shape index (κ2) is 4.13. The van der Waals surface area contributed by atoms with E-state index < -0.39 is 41.4 Å². The summed E-state index contributed by atoms with van der Waals surface area (Å²) in [4.78, 5) is 0. The predicted molar refractivity (Wildman–Crippen MR) is 37.3 cm³/mol. The Morgan fingerprint density at radius 2 is 1.27 bits per heavy atom. The maximum absolute atomic E-state index is 12.8. The number of hydrogen-bond donors (Lipinski definition) is 0. The summed E-state index contributed by atoms with van der Waals surface area (Å²) in [7, 11) is 0. The number of ether oxygens (including phenoxy) is 1. The van der Waals surface area contributed by atoms with Crippen molar-refractivity contribution in [3.8, 4) is 11.8 Å². The molecule has 7 heteroatoms. The first-order chi connectivity index (χ1) is 7.00. The van der Waals surface area contributed by atoms with Crippen molar-refractivity contribution < 1.29 is 26.7 Å². The molecule has 0 aliphatic rings. The fourth-order valence-electron chi connectivity index (χ4n) is 0.816. The van der Waals surface area contributed by atoms with Crippen molar-refractivity contribution in [2.45, 2.75) is 0 Å². The monoisotopic (exact) mass is 223 g/mol. The summed E-state index contributed by atoms with van der Waals surface area (Å²) in [5.41, 5.74) is 0. The summed E-state index contributed by atoms with van der Waals surface area (Å²) in [6.45, 7) is -0.821. The van der Waals surface area contributed by atoms with E-state index in [4.69, 9.17) is 5.26 Å². The number of nitrogens with zero attached hydrogens (tertiary/aromatic N) is 1. The molecular weight excluding hydrogens is 221 g/mol. The van der Waals surface area contributed by atoms with E-state index in [-0.39, 0.29) is 0 Å². The third kappa shape index (κ3) is 1.83. The largest absolute Gasteiger partial charge is 0.472 e. The molecule has 0 amide bonds. The van der Waals surface area contributed by atoms with Crippen molar-refractivity contribution in [2.24, 2.45) is 0 Å². The maximum atomic E-state index is 12.8. The normalized spacial score (nSPS) is 9.87. The molecule has 2 nitrogen and oxygen atoms in total. The molecule has 1 rings (SSSR count). The van der Waals surface area contributed by atoms with Crippen LogP contribution in [0.2, 0.25) is 0 Å². The Balaban J connectivity index is 3.33. The molecule has 0 bridgehead atoms. The highest BCUT2D eigenvalue weighted by Crippen LogP contribution is 2.28. The van der Waals surface area contributed by atoms with Gasteiger partial charge in [-0.15, -0.1) is 0 Å². The Morgan fingerprint density at radius 1 is 0.867 bits per heavy atom. The van der Waals surface area contributed by atoms with E-state index >= 15 is 0 Å². The lowest BCUT2D eigenvalue weighted by atomic mass is 10.2. The first-order valence-electron chi connectivity index (χ1n) is 3.51. The lowest BCUT2D eigenvalue weighted by molar-refractivity contribution is 0.290. The number of benzene rings is 1. The minimum atomic E-state index is -2.27. The van der Waals surface area contributed by atoms with Gasteiger partial charge in [0.05, 0.1) is 0 Å². The van der Waals surface area contributed by atoms with E-state index in [1.165, 1.54) is 6.07 Å². The van der Waals surface area contributed by atoms with Crippen molar-refractivity contribution >= 4 is 0 Å². The first kappa shape index (κ1) is 11.2. The molecule has 0 saturated carbocycles. The van der Waals surface area contributed by atoms with Crippen molar-refractivity contribution in [1.29, 1.82) is 5.26 Å². The van der Waals surface area contributed by atoms with Crippen LogP contribution in [0.5, 0.6) is 5.75 Å². The number of halogens is 5. The van der Waals surface area contributed by atoms with E-state index in [2.05, 4.69) is 4.74 Å². The molecule has 0 N–H and O–H groups in total. The SMILES string of the molecule is N#CCOc1c(F)c(F)c(F)c(F)c1F. The standard InChI is InChI=1S/C8H2F5NO/c9-3-4(10)6(12)8(15-2-1-14)7(13)5(3)11/h2H2. The van der Waals surface area contributed by atoms with Crippen LogP contribution in [0.1, 0.15) is 0 Å². The van der Waals surface area contributed by atoms with Gasteiger partial charge in [-0.3, -0.25) is 0 Å². The van der Waals surface area contributed by atoms with Crippen molar-refractivity contribution in [3.63, 3.8) is 0 Å². The lowest BCUT2D eigenvalue weighted by Crippen LogP contribution is -2.06. The van der Waals surface area contributed by atoms with Crippen LogP contribution in [0.15, 0.2) is 0 Å². The summed E-state index contributed by atoms with van der Waals surface area (Å²) in [5.74, 6) is -12.1. The average molecular weight is 223 g/mol. The smallest absolute Gasteiger partial charge is 0.207 e. The maximum Gasteiger partial charge on any atom is 0.207 e. The molecule has 0 unspecified atom stereocenters. The fourth-order valence-corrected chi connectivity index (χ4v) is 0.816. The molecule has 0 radical (unpaired) electrons. The fraction of sp³-hybridized carbons (Fsp3) is 0.125. The molecule has 15 heavy (non-hydrogen) atoms. The van der Waals surface area contributed by atoms with E-state index in [0.717, 1.165) is 0 Å². The van der Waals surface area contributed by atoms with Gasteiger partial charge in [-0.25, -0.2) is 13.2 Å². The van der Waals surface area contributed by atoms with E-state index in [1.807, 2.05) is 0 Å². The molecule has 0 saturated heterocycles. The second-order valence-electron chi connectivity index (χ2n) is 2.35. The van der Waals surface area contributed by atoms with E-state index in [1.54, 1.807) is 0 Å². The zero-order chi connectivity index (χ0) is 11.6. The summed E-state index contributed by atoms with van der Waals surface area (Å²) in [5, 5.41) is 8.02. The van der Waals surface area contributed by atoms with Crippen LogP contribution < -0.4 is 4.74 Å². The quantitative estimate of drug-likeness (QED) is 0.437. The van der Waals surface area contributed by atoms with Gasteiger partial charge in [-0.2, -0.15) is 14.0 Å². The Kier molecular flexibility index (Phi) is 3.09. The zero-order valence-electron chi connectivity index (χ0n) is 6.95. The molecule has 80 valence electrons. The molecule has 0 aromatic heterocycles. The Labute approximate surface area is 80.5 Å². The van der Waals surface area contributed by atoms with Gasteiger partial charge in [0.15, 0.2) is 12.4 Å². The predicted octanol–water partition coefficient (Wildman–Crippen LogP) is 2.28. The average Bonchev–Trinajstić information content (AvgIpc) is 2.24. The molecule has 0 fully saturated rings. The zero-order valence-corrected chi connectivity index (χ0v) is 6.95. The number of nitriles is 1. The number of hydrogen-bond acceptors (Lipinski definition) is 2. The second-order valence-corrected chi connectivity index (χ2v) is 2.35. The van der Waals surface area contributed by atoms with Gasteiger partial charge in [-0.05, 0) is 0 Å². The van der Waals surface area contributed by atoms with Crippen molar-refractivity contribution in [2.75, 3.05) is 6.61 Å². The Bertz CT molecular complexity index is 411. The molecule has 0 spiro atoms. The van der Waals surface area contributed by atoms with Gasteiger partial charge < -0.3 is 4.74 Å². The summed E-state index contributed by atoms with van der Waals surface area (Å²) in [6, 6.07) is 1.33. The van der Waals surface area contributed by atoms with Crippen LogP contribution in [0.25, 0.3) is 0 Å². The third-order valence-corrected chi connectivity index (χ3v) is 1.45. The summed E-state index contributed by atoms with van der Waals surface area (Å²) < 4.78 is 67.1. The van der Waals surface area contributed by atoms with Crippen molar-refractivity contribution in [3.05, 3.63) is 29.1 Å². The van der Waals surface area contributed by atoms with Crippen LogP contribution in [0, 0.1) is 40.4 Å². The van der Waals surface area contributed by atoms with Gasteiger partial charge in [0.25, 0.3) is 0 Å². The molecular formula is C8H2F5NO. The number of rotatable bonds is 2. The summed E-state index contributed by atoms with van der Waals surface area (Å²) in [6.07, 6.45) is 0. The van der Waals surface area contributed by atoms with Gasteiger partial charge in [-0.1, -0.05) is 0 Å². The Hall–Kier alpha value is -1.84. The van der Waals surface area contributed by atoms with Gasteiger partial charge in [0, 0.05) is 0 Å². The van der Waals surface area contributed by atoms with E-state index in [9.17, 15) is 22.0 Å².